The monoisotopic (exact) mass is 364 g/mol. The number of anilines is 2. The van der Waals surface area contributed by atoms with Crippen LogP contribution in [0.4, 0.5) is 11.4 Å². The smallest absolute Gasteiger partial charge is 0.272 e. The SMILES string of the molecule is CCN1/C(=C2/SC(=S)N(c3ccccc3)C2=O)C=Cc2ccccc21. The van der Waals surface area contributed by atoms with Crippen molar-refractivity contribution < 1.29 is 4.79 Å². The van der Waals surface area contributed by atoms with E-state index < -0.39 is 0 Å². The van der Waals surface area contributed by atoms with Gasteiger partial charge in [0.2, 0.25) is 0 Å². The number of carbonyl (C=O) groups is 1. The van der Waals surface area contributed by atoms with Crippen molar-refractivity contribution in [2.45, 2.75) is 6.92 Å². The van der Waals surface area contributed by atoms with E-state index in [0.717, 1.165) is 29.2 Å². The topological polar surface area (TPSA) is 23.6 Å². The third-order valence-electron chi connectivity index (χ3n) is 4.27. The van der Waals surface area contributed by atoms with E-state index in [9.17, 15) is 4.79 Å². The van der Waals surface area contributed by atoms with E-state index in [2.05, 4.69) is 30.0 Å². The van der Waals surface area contributed by atoms with Crippen LogP contribution < -0.4 is 9.80 Å². The Morgan fingerprint density at radius 1 is 1.00 bits per heavy atom. The third kappa shape index (κ3) is 2.69. The second-order valence-electron chi connectivity index (χ2n) is 5.69. The van der Waals surface area contributed by atoms with Crippen LogP contribution in [0, 0.1) is 0 Å². The predicted octanol–water partition coefficient (Wildman–Crippen LogP) is 4.82. The summed E-state index contributed by atoms with van der Waals surface area (Å²) in [5.74, 6) is -0.0568. The van der Waals surface area contributed by atoms with Crippen molar-refractivity contribution in [1.29, 1.82) is 0 Å². The quantitative estimate of drug-likeness (QED) is 0.563. The van der Waals surface area contributed by atoms with E-state index in [-0.39, 0.29) is 5.91 Å². The van der Waals surface area contributed by atoms with Crippen molar-refractivity contribution in [2.24, 2.45) is 0 Å². The van der Waals surface area contributed by atoms with Gasteiger partial charge in [0.1, 0.15) is 4.91 Å². The molecule has 2 aliphatic rings. The second-order valence-corrected chi connectivity index (χ2v) is 7.34. The van der Waals surface area contributed by atoms with Crippen LogP contribution in [0.1, 0.15) is 12.5 Å². The number of thiocarbonyl (C=S) groups is 1. The average molecular weight is 364 g/mol. The Labute approximate surface area is 156 Å². The minimum absolute atomic E-state index is 0.0568. The van der Waals surface area contributed by atoms with Gasteiger partial charge in [-0.1, -0.05) is 66.5 Å². The normalized spacial score (nSPS) is 19.6. The van der Waals surface area contributed by atoms with Crippen LogP contribution in [-0.2, 0) is 4.79 Å². The van der Waals surface area contributed by atoms with Crippen molar-refractivity contribution in [2.75, 3.05) is 16.3 Å². The van der Waals surface area contributed by atoms with Crippen LogP contribution in [0.5, 0.6) is 0 Å². The number of hydrogen-bond donors (Lipinski definition) is 0. The molecule has 1 fully saturated rings. The summed E-state index contributed by atoms with van der Waals surface area (Å²) in [6.45, 7) is 2.88. The summed E-state index contributed by atoms with van der Waals surface area (Å²) in [5, 5.41) is 0. The standard InChI is InChI=1S/C20H16N2OS2/c1-2-21-16-11-7-6-8-14(16)12-13-17(21)18-19(23)22(20(24)25-18)15-9-4-3-5-10-15/h3-13H,2H2,1H3/b18-17+. The summed E-state index contributed by atoms with van der Waals surface area (Å²) >= 11 is 6.86. The number of hydrogen-bond acceptors (Lipinski definition) is 4. The summed E-state index contributed by atoms with van der Waals surface area (Å²) in [6.07, 6.45) is 4.08. The third-order valence-corrected chi connectivity index (χ3v) is 5.65. The lowest BCUT2D eigenvalue weighted by molar-refractivity contribution is -0.113. The predicted molar refractivity (Wildman–Crippen MR) is 110 cm³/mol. The molecule has 0 unspecified atom stereocenters. The minimum atomic E-state index is -0.0568. The van der Waals surface area contributed by atoms with Crippen LogP contribution in [-0.4, -0.2) is 16.8 Å². The molecule has 2 aromatic carbocycles. The Morgan fingerprint density at radius 2 is 1.72 bits per heavy atom. The number of thioether (sulfide) groups is 1. The maximum Gasteiger partial charge on any atom is 0.272 e. The first-order valence-corrected chi connectivity index (χ1v) is 9.33. The molecule has 0 spiro atoms. The van der Waals surface area contributed by atoms with Crippen LogP contribution in [0.25, 0.3) is 6.08 Å². The lowest BCUT2D eigenvalue weighted by Gasteiger charge is -2.30. The van der Waals surface area contributed by atoms with Gasteiger partial charge in [0.05, 0.1) is 11.4 Å². The Balaban J connectivity index is 1.79. The van der Waals surface area contributed by atoms with Crippen molar-refractivity contribution in [3.63, 3.8) is 0 Å². The Kier molecular flexibility index (Phi) is 4.19. The van der Waals surface area contributed by atoms with Gasteiger partial charge in [-0.25, -0.2) is 0 Å². The highest BCUT2D eigenvalue weighted by Gasteiger charge is 2.37. The van der Waals surface area contributed by atoms with E-state index in [4.69, 9.17) is 12.2 Å². The lowest BCUT2D eigenvalue weighted by atomic mass is 10.1. The van der Waals surface area contributed by atoms with Crippen LogP contribution in [0.2, 0.25) is 0 Å². The molecule has 25 heavy (non-hydrogen) atoms. The maximum absolute atomic E-state index is 13.1. The average Bonchev–Trinajstić information content (AvgIpc) is 2.95. The molecule has 3 nitrogen and oxygen atoms in total. The van der Waals surface area contributed by atoms with Gasteiger partial charge >= 0.3 is 0 Å². The summed E-state index contributed by atoms with van der Waals surface area (Å²) in [4.78, 5) is 17.6. The van der Waals surface area contributed by atoms with Gasteiger partial charge in [0.15, 0.2) is 4.32 Å². The number of amides is 1. The minimum Gasteiger partial charge on any atom is -0.340 e. The maximum atomic E-state index is 13.1. The molecule has 5 heteroatoms. The zero-order valence-corrected chi connectivity index (χ0v) is 15.3. The van der Waals surface area contributed by atoms with E-state index >= 15 is 0 Å². The van der Waals surface area contributed by atoms with E-state index in [0.29, 0.717) is 9.23 Å². The molecule has 2 aliphatic heterocycles. The molecule has 4 rings (SSSR count). The molecule has 0 bridgehead atoms. The molecule has 1 amide bonds. The Hall–Kier alpha value is -2.37. The molecule has 124 valence electrons. The van der Waals surface area contributed by atoms with Gasteiger partial charge in [-0.15, -0.1) is 0 Å². The molecule has 0 aliphatic carbocycles. The number of rotatable bonds is 2. The highest BCUT2D eigenvalue weighted by molar-refractivity contribution is 8.27. The van der Waals surface area contributed by atoms with E-state index in [1.165, 1.54) is 11.8 Å². The Bertz CT molecular complexity index is 918. The van der Waals surface area contributed by atoms with E-state index in [1.54, 1.807) is 4.90 Å². The van der Waals surface area contributed by atoms with Gasteiger partial charge < -0.3 is 4.90 Å². The van der Waals surface area contributed by atoms with Crippen molar-refractivity contribution >= 4 is 51.7 Å². The van der Waals surface area contributed by atoms with Gasteiger partial charge in [-0.3, -0.25) is 9.69 Å². The van der Waals surface area contributed by atoms with Crippen LogP contribution in [0.15, 0.2) is 71.3 Å². The van der Waals surface area contributed by atoms with Crippen molar-refractivity contribution in [3.8, 4) is 0 Å². The molecular formula is C20H16N2OS2. The summed E-state index contributed by atoms with van der Waals surface area (Å²) < 4.78 is 0.571. The first-order chi connectivity index (χ1) is 12.2. The molecule has 2 heterocycles. The molecule has 0 atom stereocenters. The second kappa shape index (κ2) is 6.50. The highest BCUT2D eigenvalue weighted by atomic mass is 32.2. The van der Waals surface area contributed by atoms with Gasteiger partial charge in [-0.05, 0) is 36.8 Å². The number of carbonyl (C=O) groups excluding carboxylic acids is 1. The number of para-hydroxylation sites is 2. The summed E-state index contributed by atoms with van der Waals surface area (Å²) in [7, 11) is 0. The van der Waals surface area contributed by atoms with Crippen molar-refractivity contribution in [1.82, 2.24) is 0 Å². The van der Waals surface area contributed by atoms with Crippen LogP contribution >= 0.6 is 24.0 Å². The fourth-order valence-corrected chi connectivity index (χ4v) is 4.48. The molecular weight excluding hydrogens is 348 g/mol. The molecule has 0 radical (unpaired) electrons. The van der Waals surface area contributed by atoms with Crippen LogP contribution in [0.3, 0.4) is 0 Å². The lowest BCUT2D eigenvalue weighted by Crippen LogP contribution is -2.30. The summed E-state index contributed by atoms with van der Waals surface area (Å²) in [5.41, 5.74) is 4.00. The largest absolute Gasteiger partial charge is 0.340 e. The first kappa shape index (κ1) is 16.1. The fourth-order valence-electron chi connectivity index (χ4n) is 3.12. The van der Waals surface area contributed by atoms with Gasteiger partial charge in [-0.2, -0.15) is 0 Å². The molecule has 0 aromatic heterocycles. The number of likely N-dealkylation sites (N-methyl/N-ethyl adjacent to an activating group) is 1. The zero-order valence-electron chi connectivity index (χ0n) is 13.7. The fraction of sp³-hybridized carbons (Fsp3) is 0.100. The Morgan fingerprint density at radius 3 is 2.48 bits per heavy atom. The highest BCUT2D eigenvalue weighted by Crippen LogP contribution is 2.41. The van der Waals surface area contributed by atoms with Gasteiger partial charge in [0.25, 0.3) is 5.91 Å². The van der Waals surface area contributed by atoms with Gasteiger partial charge in [0, 0.05) is 12.2 Å². The molecule has 0 saturated carbocycles. The molecule has 1 saturated heterocycles. The molecule has 0 N–H and O–H groups in total. The molecule has 2 aromatic rings. The van der Waals surface area contributed by atoms with E-state index in [1.807, 2.05) is 48.5 Å². The summed E-state index contributed by atoms with van der Waals surface area (Å²) in [6, 6.07) is 17.8. The zero-order chi connectivity index (χ0) is 17.4. The number of allylic oxidation sites excluding steroid dienone is 1. The first-order valence-electron chi connectivity index (χ1n) is 8.11. The number of fused-ring (bicyclic) bond motifs is 1. The number of nitrogens with zero attached hydrogens (tertiary/aromatic N) is 2. The number of benzene rings is 2. The van der Waals surface area contributed by atoms with Crippen molar-refractivity contribution in [3.05, 3.63) is 76.8 Å².